The quantitative estimate of drug-likeness (QED) is 0.625. The molecule has 1 atom stereocenters. The minimum Gasteiger partial charge on any atom is -0.497 e. The van der Waals surface area contributed by atoms with Gasteiger partial charge in [-0.15, -0.1) is 13.2 Å². The summed E-state index contributed by atoms with van der Waals surface area (Å²) in [4.78, 5) is 20.7. The molecule has 3 N–H and O–H groups in total. The zero-order valence-corrected chi connectivity index (χ0v) is 17.2. The molecule has 1 aliphatic heterocycles. The number of ether oxygens (including phenoxy) is 2. The number of guanidine groups is 1. The van der Waals surface area contributed by atoms with E-state index < -0.39 is 18.6 Å². The minimum atomic E-state index is -4.78. The normalized spacial score (nSPS) is 16.0. The molecule has 1 radical (unpaired) electrons. The van der Waals surface area contributed by atoms with Crippen LogP contribution in [-0.2, 0) is 6.54 Å². The Bertz CT molecular complexity index is 989. The zero-order chi connectivity index (χ0) is 23.1. The van der Waals surface area contributed by atoms with E-state index >= 15 is 0 Å². The van der Waals surface area contributed by atoms with Crippen LogP contribution in [0.2, 0.25) is 0 Å². The fraction of sp³-hybridized carbons (Fsp3) is 0.238. The molecule has 0 fully saturated rings. The molecule has 0 aliphatic carbocycles. The maximum Gasteiger partial charge on any atom is 0.573 e. The monoisotopic (exact) mass is 448 g/mol. The predicted octanol–water partition coefficient (Wildman–Crippen LogP) is 3.87. The lowest BCUT2D eigenvalue weighted by atomic mass is 10.2. The van der Waals surface area contributed by atoms with E-state index in [1.165, 1.54) is 12.1 Å². The Morgan fingerprint density at radius 1 is 1.03 bits per heavy atom. The molecule has 32 heavy (non-hydrogen) atoms. The van der Waals surface area contributed by atoms with Gasteiger partial charge in [0.15, 0.2) is 0 Å². The molecule has 1 heterocycles. The van der Waals surface area contributed by atoms with Crippen LogP contribution >= 0.6 is 0 Å². The molecular weight excluding hydrogens is 427 g/mol. The molecule has 0 saturated carbocycles. The van der Waals surface area contributed by atoms with Gasteiger partial charge in [0.1, 0.15) is 17.7 Å². The van der Waals surface area contributed by atoms with E-state index in [4.69, 9.17) is 4.74 Å². The lowest BCUT2D eigenvalue weighted by molar-refractivity contribution is -0.274. The Morgan fingerprint density at radius 2 is 1.69 bits per heavy atom. The number of anilines is 1. The Balaban J connectivity index is 1.54. The number of hydrogen-bond acceptors (Lipinski definition) is 6. The van der Waals surface area contributed by atoms with Crippen LogP contribution < -0.4 is 25.4 Å². The van der Waals surface area contributed by atoms with Crippen molar-refractivity contribution in [1.29, 1.82) is 0 Å². The van der Waals surface area contributed by atoms with Crippen molar-refractivity contribution in [3.05, 3.63) is 60.5 Å². The van der Waals surface area contributed by atoms with Gasteiger partial charge in [-0.3, -0.25) is 10.6 Å². The average Bonchev–Trinajstić information content (AvgIpc) is 2.72. The average molecular weight is 448 g/mol. The van der Waals surface area contributed by atoms with Crippen molar-refractivity contribution in [2.45, 2.75) is 26.0 Å². The first-order chi connectivity index (χ1) is 15.2. The lowest BCUT2D eigenvalue weighted by Crippen LogP contribution is -2.40. The van der Waals surface area contributed by atoms with E-state index in [-0.39, 0.29) is 17.4 Å². The Kier molecular flexibility index (Phi) is 7.31. The highest BCUT2D eigenvalue weighted by Gasteiger charge is 2.31. The first kappa shape index (κ1) is 23.1. The number of methoxy groups -OCH3 is 1. The number of benzene rings is 2. The highest BCUT2D eigenvalue weighted by atomic mass is 19.4. The van der Waals surface area contributed by atoms with Crippen molar-refractivity contribution in [2.75, 3.05) is 12.4 Å². The summed E-state index contributed by atoms with van der Waals surface area (Å²) < 4.78 is 45.6. The maximum atomic E-state index is 12.2. The first-order valence-electron chi connectivity index (χ1n) is 9.48. The molecule has 0 spiro atoms. The number of aliphatic imine (C=N–C) groups is 2. The number of nitrogens with one attached hydrogen (secondary N) is 3. The van der Waals surface area contributed by atoms with Gasteiger partial charge in [-0.1, -0.05) is 12.1 Å². The summed E-state index contributed by atoms with van der Waals surface area (Å²) >= 11 is 0. The van der Waals surface area contributed by atoms with Crippen LogP contribution in [0.15, 0.2) is 58.5 Å². The van der Waals surface area contributed by atoms with Gasteiger partial charge in [-0.05, 0) is 48.9 Å². The Morgan fingerprint density at radius 3 is 2.31 bits per heavy atom. The predicted molar refractivity (Wildman–Crippen MR) is 114 cm³/mol. The SMILES string of the molecule is COc1ccc(CNC2[CH]C(C)=NC(NC(=O)Nc3ccc(OC(F)(F)F)cc3)=N2)cc1. The molecule has 169 valence electrons. The zero-order valence-electron chi connectivity index (χ0n) is 17.2. The van der Waals surface area contributed by atoms with Crippen LogP contribution in [-0.4, -0.2) is 37.3 Å². The smallest absolute Gasteiger partial charge is 0.497 e. The summed E-state index contributed by atoms with van der Waals surface area (Å²) in [7, 11) is 1.60. The molecular formula is C21H21F3N5O3. The van der Waals surface area contributed by atoms with Crippen molar-refractivity contribution in [3.63, 3.8) is 0 Å². The van der Waals surface area contributed by atoms with E-state index in [9.17, 15) is 18.0 Å². The molecule has 0 saturated heterocycles. The second-order valence-corrected chi connectivity index (χ2v) is 6.70. The number of carbonyl (C=O) groups excluding carboxylic acids is 1. The number of hydrogen-bond donors (Lipinski definition) is 3. The first-order valence-corrected chi connectivity index (χ1v) is 9.48. The van der Waals surface area contributed by atoms with Crippen molar-refractivity contribution < 1.29 is 27.4 Å². The second-order valence-electron chi connectivity index (χ2n) is 6.70. The van der Waals surface area contributed by atoms with E-state index in [2.05, 4.69) is 30.7 Å². The number of rotatable bonds is 6. The summed E-state index contributed by atoms with van der Waals surface area (Å²) in [5.41, 5.74) is 1.96. The topological polar surface area (TPSA) is 96.3 Å². The minimum absolute atomic E-state index is 0.103. The fourth-order valence-electron chi connectivity index (χ4n) is 2.77. The van der Waals surface area contributed by atoms with Crippen molar-refractivity contribution >= 4 is 23.4 Å². The maximum absolute atomic E-state index is 12.2. The van der Waals surface area contributed by atoms with Gasteiger partial charge in [0.25, 0.3) is 0 Å². The number of halogens is 3. The highest BCUT2D eigenvalue weighted by Crippen LogP contribution is 2.24. The molecule has 1 aliphatic rings. The van der Waals surface area contributed by atoms with Crippen molar-refractivity contribution in [2.24, 2.45) is 9.98 Å². The van der Waals surface area contributed by atoms with Crippen molar-refractivity contribution in [3.8, 4) is 11.5 Å². The molecule has 0 aromatic heterocycles. The van der Waals surface area contributed by atoms with Crippen LogP contribution in [0.1, 0.15) is 12.5 Å². The Labute approximate surface area is 182 Å². The van der Waals surface area contributed by atoms with Gasteiger partial charge >= 0.3 is 12.4 Å². The summed E-state index contributed by atoms with van der Waals surface area (Å²) in [6.45, 7) is 2.31. The number of urea groups is 1. The van der Waals surface area contributed by atoms with Crippen LogP contribution in [0.25, 0.3) is 0 Å². The Hall–Kier alpha value is -3.60. The molecule has 0 bridgehead atoms. The van der Waals surface area contributed by atoms with Gasteiger partial charge in [-0.25, -0.2) is 14.8 Å². The highest BCUT2D eigenvalue weighted by molar-refractivity contribution is 6.09. The van der Waals surface area contributed by atoms with E-state index in [0.29, 0.717) is 12.3 Å². The number of nitrogens with zero attached hydrogens (tertiary/aromatic N) is 2. The molecule has 8 nitrogen and oxygen atoms in total. The lowest BCUT2D eigenvalue weighted by Gasteiger charge is -2.20. The molecule has 11 heteroatoms. The third-order valence-electron chi connectivity index (χ3n) is 4.19. The van der Waals surface area contributed by atoms with Crippen LogP contribution in [0.4, 0.5) is 23.7 Å². The van der Waals surface area contributed by atoms with Gasteiger partial charge < -0.3 is 14.8 Å². The fourth-order valence-corrected chi connectivity index (χ4v) is 2.77. The molecule has 2 amide bonds. The number of amides is 2. The molecule has 2 aromatic carbocycles. The van der Waals surface area contributed by atoms with Gasteiger partial charge in [0, 0.05) is 24.4 Å². The summed E-state index contributed by atoms with van der Waals surface area (Å²) in [6, 6.07) is 11.7. The van der Waals surface area contributed by atoms with Gasteiger partial charge in [0.2, 0.25) is 5.96 Å². The molecule has 1 unspecified atom stereocenters. The third-order valence-corrected chi connectivity index (χ3v) is 4.19. The standard InChI is InChI=1S/C21H21F3N5O3/c1-13-11-18(25-12-14-3-7-16(31-2)8-4-14)28-19(26-13)29-20(30)27-15-5-9-17(10-6-15)32-21(22,23)24/h3-11,18,25H,12H2,1-2H3,(H2,27,28,29,30). The number of alkyl halides is 3. The van der Waals surface area contributed by atoms with Gasteiger partial charge in [-0.2, -0.15) is 0 Å². The summed E-state index contributed by atoms with van der Waals surface area (Å²) in [5, 5.41) is 8.26. The van der Waals surface area contributed by atoms with E-state index in [0.717, 1.165) is 23.4 Å². The van der Waals surface area contributed by atoms with Crippen LogP contribution in [0.3, 0.4) is 0 Å². The van der Waals surface area contributed by atoms with Crippen molar-refractivity contribution in [1.82, 2.24) is 10.6 Å². The largest absolute Gasteiger partial charge is 0.573 e. The second kappa shape index (κ2) is 10.1. The molecule has 2 aromatic rings. The third kappa shape index (κ3) is 7.27. The van der Waals surface area contributed by atoms with Crippen LogP contribution in [0.5, 0.6) is 11.5 Å². The summed E-state index contributed by atoms with van der Waals surface area (Å²) in [6.07, 6.45) is -3.37. The van der Waals surface area contributed by atoms with E-state index in [1.54, 1.807) is 14.0 Å². The molecule has 3 rings (SSSR count). The van der Waals surface area contributed by atoms with Crippen LogP contribution in [0, 0.1) is 6.42 Å². The van der Waals surface area contributed by atoms with Gasteiger partial charge in [0.05, 0.1) is 7.11 Å². The summed E-state index contributed by atoms with van der Waals surface area (Å²) in [5.74, 6) is 0.479. The number of carbonyl (C=O) groups is 1. The van der Waals surface area contributed by atoms with E-state index in [1.807, 2.05) is 30.7 Å².